The highest BCUT2D eigenvalue weighted by molar-refractivity contribution is 6.32. The number of aromatic nitrogens is 2. The van der Waals surface area contributed by atoms with Crippen LogP contribution in [0.25, 0.3) is 21.8 Å². The van der Waals surface area contributed by atoms with Gasteiger partial charge in [-0.05, 0) is 73.9 Å². The number of halogens is 2. The van der Waals surface area contributed by atoms with Crippen LogP contribution in [0.3, 0.4) is 0 Å². The van der Waals surface area contributed by atoms with Gasteiger partial charge >= 0.3 is 0 Å². The number of rotatable bonds is 3. The van der Waals surface area contributed by atoms with E-state index in [0.717, 1.165) is 69.9 Å². The Morgan fingerprint density at radius 2 is 1.03 bits per heavy atom. The number of pyridine rings is 2. The number of benzene rings is 2. The molecular formula is C28H28Cl2N4. The lowest BCUT2D eigenvalue weighted by Gasteiger charge is -2.41. The molecule has 0 saturated carbocycles. The van der Waals surface area contributed by atoms with Gasteiger partial charge in [0.15, 0.2) is 0 Å². The van der Waals surface area contributed by atoms with Crippen LogP contribution in [0.15, 0.2) is 60.9 Å². The molecule has 0 aliphatic carbocycles. The maximum absolute atomic E-state index is 6.43. The first-order valence-corrected chi connectivity index (χ1v) is 13.0. The van der Waals surface area contributed by atoms with E-state index < -0.39 is 0 Å². The van der Waals surface area contributed by atoms with Crippen molar-refractivity contribution < 1.29 is 0 Å². The van der Waals surface area contributed by atoms with Crippen LogP contribution in [0.2, 0.25) is 10.0 Å². The molecule has 0 unspecified atom stereocenters. The molecule has 4 heterocycles. The van der Waals surface area contributed by atoms with Crippen LogP contribution in [-0.4, -0.2) is 36.1 Å². The Morgan fingerprint density at radius 1 is 0.618 bits per heavy atom. The fraction of sp³-hybridized carbons (Fsp3) is 0.357. The van der Waals surface area contributed by atoms with Crippen molar-refractivity contribution in [3.05, 3.63) is 71.0 Å². The molecule has 34 heavy (non-hydrogen) atoms. The van der Waals surface area contributed by atoms with Crippen LogP contribution in [-0.2, 0) is 0 Å². The third kappa shape index (κ3) is 4.18. The van der Waals surface area contributed by atoms with Crippen LogP contribution < -0.4 is 9.80 Å². The minimum Gasteiger partial charge on any atom is -0.370 e. The Bertz CT molecular complexity index is 1220. The van der Waals surface area contributed by atoms with Gasteiger partial charge in [0.1, 0.15) is 0 Å². The summed E-state index contributed by atoms with van der Waals surface area (Å²) >= 11 is 12.9. The molecule has 0 N–H and O–H groups in total. The molecule has 4 nitrogen and oxygen atoms in total. The zero-order valence-electron chi connectivity index (χ0n) is 19.1. The second kappa shape index (κ2) is 9.24. The summed E-state index contributed by atoms with van der Waals surface area (Å²) in [5.74, 6) is 1.57. The fourth-order valence-electron chi connectivity index (χ4n) is 5.98. The summed E-state index contributed by atoms with van der Waals surface area (Å²) in [6, 6.07) is 16.3. The van der Waals surface area contributed by atoms with Crippen LogP contribution >= 0.6 is 23.2 Å². The van der Waals surface area contributed by atoms with E-state index in [9.17, 15) is 0 Å². The monoisotopic (exact) mass is 490 g/mol. The molecule has 0 amide bonds. The molecule has 2 aliphatic rings. The normalized spacial score (nSPS) is 18.2. The summed E-state index contributed by atoms with van der Waals surface area (Å²) in [5.41, 5.74) is 4.47. The zero-order chi connectivity index (χ0) is 23.1. The van der Waals surface area contributed by atoms with Crippen molar-refractivity contribution in [3.63, 3.8) is 0 Å². The van der Waals surface area contributed by atoms with Gasteiger partial charge in [-0.15, -0.1) is 0 Å². The van der Waals surface area contributed by atoms with Crippen molar-refractivity contribution in [2.24, 2.45) is 11.8 Å². The quantitative estimate of drug-likeness (QED) is 0.303. The lowest BCUT2D eigenvalue weighted by molar-refractivity contribution is 0.233. The van der Waals surface area contributed by atoms with Crippen molar-refractivity contribution >= 4 is 56.4 Å². The average Bonchev–Trinajstić information content (AvgIpc) is 2.88. The van der Waals surface area contributed by atoms with Crippen LogP contribution in [0.4, 0.5) is 11.4 Å². The topological polar surface area (TPSA) is 32.3 Å². The van der Waals surface area contributed by atoms with E-state index in [1.807, 2.05) is 36.7 Å². The van der Waals surface area contributed by atoms with Gasteiger partial charge in [-0.1, -0.05) is 35.3 Å². The van der Waals surface area contributed by atoms with Gasteiger partial charge in [0.2, 0.25) is 0 Å². The van der Waals surface area contributed by atoms with Crippen molar-refractivity contribution in [1.82, 2.24) is 9.97 Å². The highest BCUT2D eigenvalue weighted by Crippen LogP contribution is 2.38. The maximum Gasteiger partial charge on any atom is 0.0936 e. The SMILES string of the molecule is Clc1cc(N2CCC(C3CCN(c4cc(Cl)cc5cccnc45)CC3)CC2)c2ncccc2c1. The molecule has 0 bridgehead atoms. The minimum atomic E-state index is 0.783. The number of hydrogen-bond acceptors (Lipinski definition) is 4. The highest BCUT2D eigenvalue weighted by Gasteiger charge is 2.31. The van der Waals surface area contributed by atoms with Crippen molar-refractivity contribution in [2.75, 3.05) is 36.0 Å². The summed E-state index contributed by atoms with van der Waals surface area (Å²) in [6.07, 6.45) is 8.67. The summed E-state index contributed by atoms with van der Waals surface area (Å²) in [6.45, 7) is 4.28. The van der Waals surface area contributed by atoms with E-state index in [1.165, 1.54) is 37.1 Å². The van der Waals surface area contributed by atoms with E-state index in [0.29, 0.717) is 0 Å². The summed E-state index contributed by atoms with van der Waals surface area (Å²) in [7, 11) is 0. The van der Waals surface area contributed by atoms with Gasteiger partial charge in [0.05, 0.1) is 22.4 Å². The molecule has 6 heteroatoms. The van der Waals surface area contributed by atoms with E-state index in [-0.39, 0.29) is 0 Å². The summed E-state index contributed by atoms with van der Waals surface area (Å²) in [5, 5.41) is 3.80. The molecule has 2 fully saturated rings. The van der Waals surface area contributed by atoms with E-state index in [1.54, 1.807) is 0 Å². The fourth-order valence-corrected chi connectivity index (χ4v) is 6.42. The Kier molecular flexibility index (Phi) is 5.96. The van der Waals surface area contributed by atoms with Gasteiger partial charge in [-0.3, -0.25) is 9.97 Å². The Morgan fingerprint density at radius 3 is 1.44 bits per heavy atom. The third-order valence-electron chi connectivity index (χ3n) is 7.73. The molecular weight excluding hydrogens is 463 g/mol. The van der Waals surface area contributed by atoms with Crippen LogP contribution in [0.5, 0.6) is 0 Å². The average molecular weight is 491 g/mol. The lowest BCUT2D eigenvalue weighted by atomic mass is 9.78. The predicted octanol–water partition coefficient (Wildman–Crippen LogP) is 7.22. The molecule has 2 aromatic carbocycles. The van der Waals surface area contributed by atoms with E-state index in [2.05, 4.69) is 44.0 Å². The van der Waals surface area contributed by atoms with Crippen molar-refractivity contribution in [1.29, 1.82) is 0 Å². The van der Waals surface area contributed by atoms with Crippen molar-refractivity contribution in [2.45, 2.75) is 25.7 Å². The molecule has 2 saturated heterocycles. The first-order valence-electron chi connectivity index (χ1n) is 12.2. The van der Waals surface area contributed by atoms with Gasteiger partial charge in [-0.25, -0.2) is 0 Å². The van der Waals surface area contributed by atoms with Gasteiger partial charge in [0.25, 0.3) is 0 Å². The zero-order valence-corrected chi connectivity index (χ0v) is 20.6. The predicted molar refractivity (Wildman–Crippen MR) is 143 cm³/mol. The Balaban J connectivity index is 1.12. The standard InChI is InChI=1S/C28H28Cl2N4/c29-23-15-21-3-1-9-31-27(21)25(17-23)33-11-5-19(6-12-33)20-7-13-34(14-8-20)26-18-24(30)16-22-4-2-10-32-28(22)26/h1-4,9-10,15-20H,5-8,11-14H2. The Labute approximate surface area is 210 Å². The molecule has 0 atom stereocenters. The van der Waals surface area contributed by atoms with E-state index >= 15 is 0 Å². The van der Waals surface area contributed by atoms with Crippen LogP contribution in [0.1, 0.15) is 25.7 Å². The number of hydrogen-bond donors (Lipinski definition) is 0. The minimum absolute atomic E-state index is 0.783. The molecule has 6 rings (SSSR count). The first kappa shape index (κ1) is 21.9. The largest absolute Gasteiger partial charge is 0.370 e. The second-order valence-corrected chi connectivity index (χ2v) is 10.5. The molecule has 0 spiro atoms. The first-order chi connectivity index (χ1) is 16.7. The van der Waals surface area contributed by atoms with Crippen molar-refractivity contribution in [3.8, 4) is 0 Å². The number of fused-ring (bicyclic) bond motifs is 2. The molecule has 2 aliphatic heterocycles. The lowest BCUT2D eigenvalue weighted by Crippen LogP contribution is -2.41. The van der Waals surface area contributed by atoms with Gasteiger partial charge in [-0.2, -0.15) is 0 Å². The molecule has 4 aromatic rings. The summed E-state index contributed by atoms with van der Waals surface area (Å²) < 4.78 is 0. The molecule has 0 radical (unpaired) electrons. The number of nitrogens with zero attached hydrogens (tertiary/aromatic N) is 4. The second-order valence-electron chi connectivity index (χ2n) is 9.65. The summed E-state index contributed by atoms with van der Waals surface area (Å²) in [4.78, 5) is 14.3. The number of piperidine rings is 2. The van der Waals surface area contributed by atoms with Crippen LogP contribution in [0, 0.1) is 11.8 Å². The number of anilines is 2. The third-order valence-corrected chi connectivity index (χ3v) is 8.16. The molecule has 2 aromatic heterocycles. The smallest absolute Gasteiger partial charge is 0.0936 e. The molecule has 174 valence electrons. The van der Waals surface area contributed by atoms with Gasteiger partial charge in [0, 0.05) is 59.4 Å². The highest BCUT2D eigenvalue weighted by atomic mass is 35.5. The Hall–Kier alpha value is -2.56. The van der Waals surface area contributed by atoms with E-state index in [4.69, 9.17) is 23.2 Å². The van der Waals surface area contributed by atoms with Gasteiger partial charge < -0.3 is 9.80 Å². The maximum atomic E-state index is 6.43.